The van der Waals surface area contributed by atoms with Crippen LogP contribution in [0.4, 0.5) is 5.69 Å². The quantitative estimate of drug-likeness (QED) is 0.485. The van der Waals surface area contributed by atoms with E-state index in [4.69, 9.17) is 9.47 Å². The van der Waals surface area contributed by atoms with Crippen molar-refractivity contribution in [2.75, 3.05) is 24.7 Å². The van der Waals surface area contributed by atoms with Crippen LogP contribution >= 0.6 is 0 Å². The van der Waals surface area contributed by atoms with E-state index in [1.165, 1.54) is 4.90 Å². The van der Waals surface area contributed by atoms with Gasteiger partial charge in [-0.15, -0.1) is 0 Å². The van der Waals surface area contributed by atoms with Gasteiger partial charge < -0.3 is 24.4 Å². The van der Waals surface area contributed by atoms with Crippen LogP contribution in [0.2, 0.25) is 0 Å². The Labute approximate surface area is 221 Å². The van der Waals surface area contributed by atoms with Gasteiger partial charge >= 0.3 is 5.97 Å². The Morgan fingerprint density at radius 1 is 1.05 bits per heavy atom. The Hall–Kier alpha value is -3.49. The van der Waals surface area contributed by atoms with Gasteiger partial charge in [-0.05, 0) is 41.3 Å². The summed E-state index contributed by atoms with van der Waals surface area (Å²) < 4.78 is 12.0. The summed E-state index contributed by atoms with van der Waals surface area (Å²) in [5.41, 5.74) is -0.637. The maximum atomic E-state index is 14.5. The third-order valence-corrected chi connectivity index (χ3v) is 8.24. The van der Waals surface area contributed by atoms with Gasteiger partial charge in [0.25, 0.3) is 5.91 Å². The van der Waals surface area contributed by atoms with Gasteiger partial charge in [-0.2, -0.15) is 0 Å². The van der Waals surface area contributed by atoms with E-state index in [-0.39, 0.29) is 37.5 Å². The Balaban J connectivity index is 1.48. The fourth-order valence-corrected chi connectivity index (χ4v) is 6.70. The number of hydrogen-bond acceptors (Lipinski definition) is 6. The Bertz CT molecular complexity index is 1350. The highest BCUT2D eigenvalue weighted by molar-refractivity contribution is 6.06. The van der Waals surface area contributed by atoms with Crippen LogP contribution in [-0.4, -0.2) is 71.3 Å². The van der Waals surface area contributed by atoms with Crippen molar-refractivity contribution < 1.29 is 29.0 Å². The summed E-state index contributed by atoms with van der Waals surface area (Å²) in [7, 11) is 0. The van der Waals surface area contributed by atoms with Gasteiger partial charge in [0, 0.05) is 12.2 Å². The highest BCUT2D eigenvalue weighted by Gasteiger charge is 2.72. The second-order valence-corrected chi connectivity index (χ2v) is 11.0. The summed E-state index contributed by atoms with van der Waals surface area (Å²) in [5, 5.41) is 12.5. The van der Waals surface area contributed by atoms with Gasteiger partial charge in [0.1, 0.15) is 24.2 Å². The highest BCUT2D eigenvalue weighted by atomic mass is 16.6. The Kier molecular flexibility index (Phi) is 6.12. The molecular weight excluding hydrogens is 484 g/mol. The van der Waals surface area contributed by atoms with Crippen molar-refractivity contribution in [1.29, 1.82) is 0 Å². The molecule has 2 aromatic rings. The molecule has 0 aromatic heterocycles. The SMILES string of the molecule is CC(C)C[C@H](CO)N1C(=O)[C@@H]2[C@H]3C(=O)OCC=C[C@H]3O[C@@]23C=CCN(c2ccc4ccccc4c2)C(=O)C13. The van der Waals surface area contributed by atoms with E-state index in [1.54, 1.807) is 23.1 Å². The molecule has 1 spiro atoms. The number of ether oxygens (including phenoxy) is 2. The van der Waals surface area contributed by atoms with Crippen molar-refractivity contribution in [1.82, 2.24) is 4.90 Å². The molecule has 4 aliphatic heterocycles. The fraction of sp³-hybridized carbons (Fsp3) is 0.433. The first kappa shape index (κ1) is 24.8. The molecule has 0 bridgehead atoms. The summed E-state index contributed by atoms with van der Waals surface area (Å²) in [6.45, 7) is 4.13. The number of benzene rings is 2. The topological polar surface area (TPSA) is 96.4 Å². The zero-order valence-electron chi connectivity index (χ0n) is 21.5. The number of likely N-dealkylation sites (tertiary alicyclic amines) is 1. The monoisotopic (exact) mass is 516 g/mol. The normalized spacial score (nSPS) is 31.2. The molecular formula is C30H32N2O6. The minimum atomic E-state index is -1.35. The lowest BCUT2D eigenvalue weighted by molar-refractivity contribution is -0.153. The van der Waals surface area contributed by atoms with Crippen LogP contribution in [0.5, 0.6) is 0 Å². The molecule has 6 rings (SSSR count). The number of hydrogen-bond donors (Lipinski definition) is 1. The van der Waals surface area contributed by atoms with Crippen molar-refractivity contribution in [3.8, 4) is 0 Å². The molecule has 1 unspecified atom stereocenters. The number of carbonyl (C=O) groups is 3. The molecule has 1 N–H and O–H groups in total. The van der Waals surface area contributed by atoms with E-state index in [1.807, 2.05) is 62.4 Å². The second-order valence-electron chi connectivity index (χ2n) is 11.0. The van der Waals surface area contributed by atoms with Gasteiger partial charge in [-0.1, -0.05) is 62.4 Å². The van der Waals surface area contributed by atoms with E-state index in [9.17, 15) is 19.5 Å². The summed E-state index contributed by atoms with van der Waals surface area (Å²) in [5.74, 6) is -2.77. The number of anilines is 1. The molecule has 2 aromatic carbocycles. The molecule has 6 atom stereocenters. The van der Waals surface area contributed by atoms with Crippen LogP contribution in [0.3, 0.4) is 0 Å². The first-order valence-electron chi connectivity index (χ1n) is 13.3. The minimum absolute atomic E-state index is 0.118. The maximum Gasteiger partial charge on any atom is 0.313 e. The molecule has 2 fully saturated rings. The fourth-order valence-electron chi connectivity index (χ4n) is 6.70. The minimum Gasteiger partial charge on any atom is -0.461 e. The average Bonchev–Trinajstić information content (AvgIpc) is 3.21. The molecule has 0 aliphatic carbocycles. The molecule has 4 heterocycles. The number of carbonyl (C=O) groups excluding carboxylic acids is 3. The van der Waals surface area contributed by atoms with E-state index >= 15 is 0 Å². The predicted molar refractivity (Wildman–Crippen MR) is 141 cm³/mol. The van der Waals surface area contributed by atoms with Crippen molar-refractivity contribution in [2.45, 2.75) is 44.1 Å². The largest absolute Gasteiger partial charge is 0.461 e. The summed E-state index contributed by atoms with van der Waals surface area (Å²) >= 11 is 0. The van der Waals surface area contributed by atoms with Crippen LogP contribution in [0.1, 0.15) is 20.3 Å². The molecule has 2 amide bonds. The van der Waals surface area contributed by atoms with Gasteiger partial charge in [-0.3, -0.25) is 14.4 Å². The maximum absolute atomic E-state index is 14.5. The molecule has 8 heteroatoms. The van der Waals surface area contributed by atoms with Gasteiger partial charge in [0.2, 0.25) is 5.91 Å². The number of nitrogens with zero attached hydrogens (tertiary/aromatic N) is 2. The Morgan fingerprint density at radius 3 is 2.61 bits per heavy atom. The van der Waals surface area contributed by atoms with Crippen LogP contribution in [0.25, 0.3) is 10.8 Å². The average molecular weight is 517 g/mol. The first-order valence-corrected chi connectivity index (χ1v) is 13.3. The van der Waals surface area contributed by atoms with Crippen LogP contribution in [0.15, 0.2) is 66.8 Å². The highest BCUT2D eigenvalue weighted by Crippen LogP contribution is 2.54. The van der Waals surface area contributed by atoms with Crippen molar-refractivity contribution >= 4 is 34.2 Å². The van der Waals surface area contributed by atoms with Crippen molar-refractivity contribution in [3.05, 3.63) is 66.8 Å². The van der Waals surface area contributed by atoms with Crippen molar-refractivity contribution in [3.63, 3.8) is 0 Å². The number of fused-ring (bicyclic) bond motifs is 3. The van der Waals surface area contributed by atoms with Crippen LogP contribution in [-0.2, 0) is 23.9 Å². The summed E-state index contributed by atoms with van der Waals surface area (Å²) in [6.07, 6.45) is 6.97. The number of amides is 2. The van der Waals surface area contributed by atoms with Crippen LogP contribution in [0, 0.1) is 17.8 Å². The van der Waals surface area contributed by atoms with E-state index in [0.29, 0.717) is 12.1 Å². The van der Waals surface area contributed by atoms with Gasteiger partial charge in [-0.25, -0.2) is 0 Å². The second kappa shape index (κ2) is 9.36. The van der Waals surface area contributed by atoms with Gasteiger partial charge in [0.05, 0.1) is 24.7 Å². The number of rotatable bonds is 5. The lowest BCUT2D eigenvalue weighted by atomic mass is 9.78. The molecule has 8 nitrogen and oxygen atoms in total. The first-order chi connectivity index (χ1) is 18.4. The van der Waals surface area contributed by atoms with Gasteiger partial charge in [0.15, 0.2) is 0 Å². The molecule has 0 radical (unpaired) electrons. The summed E-state index contributed by atoms with van der Waals surface area (Å²) in [6, 6.07) is 12.2. The molecule has 0 saturated carbocycles. The third kappa shape index (κ3) is 3.69. The van der Waals surface area contributed by atoms with E-state index in [0.717, 1.165) is 10.8 Å². The zero-order chi connectivity index (χ0) is 26.6. The van der Waals surface area contributed by atoms with E-state index < -0.39 is 41.6 Å². The number of cyclic esters (lactones) is 1. The lowest BCUT2D eigenvalue weighted by Crippen LogP contribution is -2.58. The van der Waals surface area contributed by atoms with E-state index in [2.05, 4.69) is 0 Å². The molecule has 4 aliphatic rings. The standard InChI is InChI=1S/C30H32N2O6/c1-18(2)15-22(17-33)32-26-28(35)31(21-11-10-19-7-3-4-8-20(19)16-21)13-6-12-30(26)25(27(32)34)24-23(38-30)9-5-14-37-29(24)36/h3-12,16,18,22-26,33H,13-15,17H2,1-2H3/t22-,23-,24+,25+,26?,30+/m1/s1. The third-order valence-electron chi connectivity index (χ3n) is 8.24. The molecule has 198 valence electrons. The smallest absolute Gasteiger partial charge is 0.313 e. The number of esters is 1. The number of aliphatic hydroxyl groups is 1. The lowest BCUT2D eigenvalue weighted by Gasteiger charge is -2.39. The molecule has 38 heavy (non-hydrogen) atoms. The predicted octanol–water partition coefficient (Wildman–Crippen LogP) is 2.84. The zero-order valence-corrected chi connectivity index (χ0v) is 21.5. The van der Waals surface area contributed by atoms with Crippen molar-refractivity contribution in [2.24, 2.45) is 17.8 Å². The molecule has 2 saturated heterocycles. The number of aliphatic hydroxyl groups excluding tert-OH is 1. The summed E-state index contributed by atoms with van der Waals surface area (Å²) in [4.78, 5) is 45.0. The van der Waals surface area contributed by atoms with Crippen LogP contribution < -0.4 is 4.90 Å². The Morgan fingerprint density at radius 2 is 1.84 bits per heavy atom.